The Bertz CT molecular complexity index is 261. The topological polar surface area (TPSA) is 19.7 Å². The largest absolute Gasteiger partial charge is 0.278 e. The second-order valence-electron chi connectivity index (χ2n) is 3.20. The monoisotopic (exact) mass is 179 g/mol. The summed E-state index contributed by atoms with van der Waals surface area (Å²) in [4.78, 5) is 3.23. The molecule has 0 bridgehead atoms. The predicted octanol–water partition coefficient (Wildman–Crippen LogP) is 2.53. The summed E-state index contributed by atoms with van der Waals surface area (Å²) in [6.07, 6.45) is 12.0. The van der Waals surface area contributed by atoms with E-state index in [0.717, 1.165) is 13.0 Å². The maximum Gasteiger partial charge on any atom is 0.278 e. The molecule has 0 aliphatic rings. The lowest BCUT2D eigenvalue weighted by Gasteiger charge is -1.95. The van der Waals surface area contributed by atoms with Crippen molar-refractivity contribution in [1.82, 2.24) is 4.98 Å². The number of aromatic nitrogens is 2. The summed E-state index contributed by atoms with van der Waals surface area (Å²) in [6.45, 7) is 5.48. The zero-order valence-electron chi connectivity index (χ0n) is 8.59. The van der Waals surface area contributed by atoms with Gasteiger partial charge in [0.2, 0.25) is 0 Å². The number of H-pyrrole nitrogens is 1. The standard InChI is InChI=1S/C11H18N2/c1-3-5-7-11-12-8-10-13(11)9-6-4-2/h5,7-8,10H,3-4,6,9H2,1-2H3/p+1. The van der Waals surface area contributed by atoms with Crippen molar-refractivity contribution in [2.75, 3.05) is 0 Å². The van der Waals surface area contributed by atoms with E-state index in [1.54, 1.807) is 0 Å². The third-order valence-corrected chi connectivity index (χ3v) is 2.06. The minimum Gasteiger partial charge on any atom is -0.244 e. The first kappa shape index (κ1) is 10.0. The highest BCUT2D eigenvalue weighted by atomic mass is 15.0. The molecule has 0 fully saturated rings. The van der Waals surface area contributed by atoms with Gasteiger partial charge < -0.3 is 0 Å². The van der Waals surface area contributed by atoms with Crippen molar-refractivity contribution in [3.05, 3.63) is 24.3 Å². The molecular weight excluding hydrogens is 160 g/mol. The van der Waals surface area contributed by atoms with Gasteiger partial charge in [-0.1, -0.05) is 26.3 Å². The van der Waals surface area contributed by atoms with E-state index in [4.69, 9.17) is 0 Å². The number of rotatable bonds is 5. The number of unbranched alkanes of at least 4 members (excludes halogenated alkanes) is 1. The Morgan fingerprint density at radius 3 is 3.00 bits per heavy atom. The maximum absolute atomic E-state index is 3.23. The molecule has 0 unspecified atom stereocenters. The van der Waals surface area contributed by atoms with E-state index < -0.39 is 0 Å². The molecule has 0 spiro atoms. The van der Waals surface area contributed by atoms with Crippen LogP contribution >= 0.6 is 0 Å². The Kier molecular flexibility index (Phi) is 4.30. The second-order valence-corrected chi connectivity index (χ2v) is 3.20. The van der Waals surface area contributed by atoms with Gasteiger partial charge in [0, 0.05) is 6.08 Å². The lowest BCUT2D eigenvalue weighted by molar-refractivity contribution is -0.697. The van der Waals surface area contributed by atoms with E-state index in [2.05, 4.69) is 41.7 Å². The van der Waals surface area contributed by atoms with Crippen LogP contribution in [0, 0.1) is 0 Å². The third-order valence-electron chi connectivity index (χ3n) is 2.06. The lowest BCUT2D eigenvalue weighted by atomic mass is 10.3. The fraction of sp³-hybridized carbons (Fsp3) is 0.545. The molecule has 0 atom stereocenters. The summed E-state index contributed by atoms with van der Waals surface area (Å²) in [5.41, 5.74) is 0. The average molecular weight is 179 g/mol. The highest BCUT2D eigenvalue weighted by Gasteiger charge is 2.04. The maximum atomic E-state index is 3.23. The molecule has 2 heteroatoms. The fourth-order valence-corrected chi connectivity index (χ4v) is 1.27. The van der Waals surface area contributed by atoms with E-state index in [1.807, 2.05) is 6.20 Å². The van der Waals surface area contributed by atoms with E-state index >= 15 is 0 Å². The van der Waals surface area contributed by atoms with E-state index in [-0.39, 0.29) is 0 Å². The Balaban J connectivity index is 2.60. The molecule has 72 valence electrons. The van der Waals surface area contributed by atoms with Gasteiger partial charge in [0.1, 0.15) is 12.4 Å². The van der Waals surface area contributed by atoms with E-state index in [9.17, 15) is 0 Å². The Morgan fingerprint density at radius 1 is 1.46 bits per heavy atom. The SMILES string of the molecule is CCC=Cc1[nH]cc[n+]1CCCC. The molecule has 0 aliphatic heterocycles. The normalized spacial score (nSPS) is 11.2. The summed E-state index contributed by atoms with van der Waals surface area (Å²) in [5.74, 6) is 1.20. The van der Waals surface area contributed by atoms with E-state index in [1.165, 1.54) is 18.7 Å². The van der Waals surface area contributed by atoms with Crippen LogP contribution in [-0.4, -0.2) is 4.98 Å². The highest BCUT2D eigenvalue weighted by Crippen LogP contribution is 1.94. The molecule has 1 aromatic heterocycles. The van der Waals surface area contributed by atoms with Crippen molar-refractivity contribution < 1.29 is 4.57 Å². The molecular formula is C11H19N2+. The van der Waals surface area contributed by atoms with Crippen molar-refractivity contribution in [3.8, 4) is 0 Å². The molecule has 1 N–H and O–H groups in total. The molecule has 1 aromatic rings. The van der Waals surface area contributed by atoms with Crippen molar-refractivity contribution in [2.45, 2.75) is 39.7 Å². The van der Waals surface area contributed by atoms with Crippen LogP contribution in [0.25, 0.3) is 6.08 Å². The zero-order valence-corrected chi connectivity index (χ0v) is 8.59. The number of allylic oxidation sites excluding steroid dienone is 1. The number of hydrogen-bond acceptors (Lipinski definition) is 0. The van der Waals surface area contributed by atoms with Crippen LogP contribution in [0.1, 0.15) is 38.9 Å². The smallest absolute Gasteiger partial charge is 0.244 e. The molecule has 0 aromatic carbocycles. The lowest BCUT2D eigenvalue weighted by Crippen LogP contribution is -2.34. The predicted molar refractivity (Wildman–Crippen MR) is 55.2 cm³/mol. The Morgan fingerprint density at radius 2 is 2.31 bits per heavy atom. The molecule has 0 aliphatic carbocycles. The number of nitrogens with one attached hydrogen (secondary N) is 1. The molecule has 0 saturated heterocycles. The van der Waals surface area contributed by atoms with Gasteiger partial charge in [-0.25, -0.2) is 9.55 Å². The molecule has 0 saturated carbocycles. The average Bonchev–Trinajstić information content (AvgIpc) is 2.59. The molecule has 1 heterocycles. The first-order chi connectivity index (χ1) is 6.38. The quantitative estimate of drug-likeness (QED) is 0.670. The van der Waals surface area contributed by atoms with Crippen LogP contribution in [0.5, 0.6) is 0 Å². The van der Waals surface area contributed by atoms with Gasteiger partial charge in [-0.2, -0.15) is 0 Å². The number of imidazole rings is 1. The van der Waals surface area contributed by atoms with Gasteiger partial charge in [-0.05, 0) is 12.8 Å². The van der Waals surface area contributed by atoms with Crippen molar-refractivity contribution in [2.24, 2.45) is 0 Å². The number of hydrogen-bond donors (Lipinski definition) is 1. The van der Waals surface area contributed by atoms with Crippen molar-refractivity contribution in [1.29, 1.82) is 0 Å². The van der Waals surface area contributed by atoms with Crippen LogP contribution in [0.15, 0.2) is 18.5 Å². The van der Waals surface area contributed by atoms with Gasteiger partial charge in [-0.3, -0.25) is 0 Å². The first-order valence-corrected chi connectivity index (χ1v) is 5.11. The minimum atomic E-state index is 1.09. The number of aromatic amines is 1. The Hall–Kier alpha value is -1.05. The van der Waals surface area contributed by atoms with Crippen LogP contribution in [-0.2, 0) is 6.54 Å². The van der Waals surface area contributed by atoms with Crippen molar-refractivity contribution >= 4 is 6.08 Å². The number of nitrogens with zero attached hydrogens (tertiary/aromatic N) is 1. The first-order valence-electron chi connectivity index (χ1n) is 5.11. The van der Waals surface area contributed by atoms with Gasteiger partial charge in [0.05, 0.1) is 6.54 Å². The fourth-order valence-electron chi connectivity index (χ4n) is 1.27. The van der Waals surface area contributed by atoms with Gasteiger partial charge in [0.15, 0.2) is 0 Å². The minimum absolute atomic E-state index is 1.09. The van der Waals surface area contributed by atoms with Gasteiger partial charge in [-0.15, -0.1) is 0 Å². The second kappa shape index (κ2) is 5.57. The summed E-state index contributed by atoms with van der Waals surface area (Å²) in [7, 11) is 0. The summed E-state index contributed by atoms with van der Waals surface area (Å²) < 4.78 is 2.26. The van der Waals surface area contributed by atoms with Gasteiger partial charge in [0.25, 0.3) is 5.82 Å². The zero-order chi connectivity index (χ0) is 9.52. The molecule has 2 nitrogen and oxygen atoms in total. The summed E-state index contributed by atoms with van der Waals surface area (Å²) in [6, 6.07) is 0. The van der Waals surface area contributed by atoms with Crippen LogP contribution < -0.4 is 4.57 Å². The molecule has 0 amide bonds. The summed E-state index contributed by atoms with van der Waals surface area (Å²) in [5, 5.41) is 0. The van der Waals surface area contributed by atoms with E-state index in [0.29, 0.717) is 0 Å². The molecule has 0 radical (unpaired) electrons. The van der Waals surface area contributed by atoms with Crippen molar-refractivity contribution in [3.63, 3.8) is 0 Å². The highest BCUT2D eigenvalue weighted by molar-refractivity contribution is 5.35. The van der Waals surface area contributed by atoms with Crippen LogP contribution in [0.4, 0.5) is 0 Å². The third kappa shape index (κ3) is 3.05. The van der Waals surface area contributed by atoms with Crippen LogP contribution in [0.2, 0.25) is 0 Å². The Labute approximate surface area is 80.3 Å². The summed E-state index contributed by atoms with van der Waals surface area (Å²) >= 11 is 0. The molecule has 13 heavy (non-hydrogen) atoms. The number of aryl methyl sites for hydroxylation is 1. The van der Waals surface area contributed by atoms with Gasteiger partial charge >= 0.3 is 0 Å². The molecule has 1 rings (SSSR count). The van der Waals surface area contributed by atoms with Crippen LogP contribution in [0.3, 0.4) is 0 Å².